The Balaban J connectivity index is 2.04. The van der Waals surface area contributed by atoms with Crippen molar-refractivity contribution in [3.63, 3.8) is 0 Å². The molecule has 0 aliphatic rings. The molecule has 0 unspecified atom stereocenters. The minimum absolute atomic E-state index is 0.0986. The van der Waals surface area contributed by atoms with Crippen LogP contribution in [0.3, 0.4) is 0 Å². The number of unbranched alkanes of at least 4 members (excludes halogenated alkanes) is 1. The standard InChI is InChI=1S/C31H38ClN3O6S/c1-6-7-17-33-31(37)23(3)34(20-24-10-8-9-22(2)18-24)30(36)21-35(26-13-11-25(32)12-14-26)42(38,39)27-15-16-28(40-4)29(19-27)41-5/h8-16,18-19,23H,6-7,17,20-21H2,1-5H3,(H,33,37)/t23-/m1/s1. The van der Waals surface area contributed by atoms with Gasteiger partial charge in [0.15, 0.2) is 11.5 Å². The predicted octanol–water partition coefficient (Wildman–Crippen LogP) is 5.19. The lowest BCUT2D eigenvalue weighted by Crippen LogP contribution is -2.51. The van der Waals surface area contributed by atoms with Crippen molar-refractivity contribution in [3.05, 3.63) is 82.9 Å². The van der Waals surface area contributed by atoms with Crippen LogP contribution in [0.5, 0.6) is 11.5 Å². The number of carbonyl (C=O) groups is 2. The van der Waals surface area contributed by atoms with Crippen LogP contribution in [0.15, 0.2) is 71.6 Å². The minimum Gasteiger partial charge on any atom is -0.493 e. The lowest BCUT2D eigenvalue weighted by Gasteiger charge is -2.32. The molecule has 11 heteroatoms. The molecule has 0 aliphatic heterocycles. The summed E-state index contributed by atoms with van der Waals surface area (Å²) in [5, 5.41) is 3.29. The zero-order valence-corrected chi connectivity index (χ0v) is 26.2. The molecule has 0 bridgehead atoms. The van der Waals surface area contributed by atoms with Gasteiger partial charge in [-0.25, -0.2) is 8.42 Å². The van der Waals surface area contributed by atoms with Crippen LogP contribution in [0.2, 0.25) is 5.02 Å². The molecular weight excluding hydrogens is 578 g/mol. The zero-order valence-electron chi connectivity index (χ0n) is 24.6. The Bertz CT molecular complexity index is 1480. The van der Waals surface area contributed by atoms with Gasteiger partial charge in [0.1, 0.15) is 12.6 Å². The third-order valence-electron chi connectivity index (χ3n) is 6.77. The fourth-order valence-corrected chi connectivity index (χ4v) is 5.92. The summed E-state index contributed by atoms with van der Waals surface area (Å²) in [5.74, 6) is -0.281. The highest BCUT2D eigenvalue weighted by atomic mass is 35.5. The summed E-state index contributed by atoms with van der Waals surface area (Å²) in [5.41, 5.74) is 2.05. The maximum atomic E-state index is 14.1. The quantitative estimate of drug-likeness (QED) is 0.250. The molecule has 0 heterocycles. The van der Waals surface area contributed by atoms with Crippen LogP contribution in [-0.4, -0.2) is 58.5 Å². The Kier molecular flexibility index (Phi) is 11.6. The highest BCUT2D eigenvalue weighted by molar-refractivity contribution is 7.92. The van der Waals surface area contributed by atoms with Crippen LogP contribution in [0.4, 0.5) is 5.69 Å². The van der Waals surface area contributed by atoms with E-state index in [0.29, 0.717) is 17.3 Å². The van der Waals surface area contributed by atoms with E-state index in [1.807, 2.05) is 38.1 Å². The highest BCUT2D eigenvalue weighted by Gasteiger charge is 2.33. The molecule has 3 rings (SSSR count). The van der Waals surface area contributed by atoms with Gasteiger partial charge in [-0.15, -0.1) is 0 Å². The number of nitrogens with one attached hydrogen (secondary N) is 1. The average molecular weight is 616 g/mol. The number of hydrogen-bond donors (Lipinski definition) is 1. The van der Waals surface area contributed by atoms with Gasteiger partial charge < -0.3 is 19.7 Å². The van der Waals surface area contributed by atoms with Crippen LogP contribution in [-0.2, 0) is 26.2 Å². The van der Waals surface area contributed by atoms with Crippen molar-refractivity contribution in [2.45, 2.75) is 51.1 Å². The molecule has 0 saturated carbocycles. The molecule has 3 aromatic carbocycles. The Hall–Kier alpha value is -3.76. The Morgan fingerprint density at radius 1 is 0.976 bits per heavy atom. The van der Waals surface area contributed by atoms with Gasteiger partial charge in [0.2, 0.25) is 11.8 Å². The monoisotopic (exact) mass is 615 g/mol. The summed E-state index contributed by atoms with van der Waals surface area (Å²) < 4.78 is 39.7. The molecule has 9 nitrogen and oxygen atoms in total. The number of methoxy groups -OCH3 is 2. The first-order chi connectivity index (χ1) is 20.0. The summed E-state index contributed by atoms with van der Waals surface area (Å²) in [6.45, 7) is 5.65. The van der Waals surface area contributed by atoms with E-state index in [9.17, 15) is 18.0 Å². The third kappa shape index (κ3) is 8.17. The normalized spacial score (nSPS) is 11.9. The van der Waals surface area contributed by atoms with E-state index in [2.05, 4.69) is 5.32 Å². The molecule has 0 aromatic heterocycles. The molecular formula is C31H38ClN3O6S. The van der Waals surface area contributed by atoms with Crippen LogP contribution in [0.1, 0.15) is 37.8 Å². The second-order valence-electron chi connectivity index (χ2n) is 9.84. The summed E-state index contributed by atoms with van der Waals surface area (Å²) in [7, 11) is -1.43. The zero-order chi connectivity index (χ0) is 30.9. The van der Waals surface area contributed by atoms with Crippen molar-refractivity contribution in [3.8, 4) is 11.5 Å². The maximum Gasteiger partial charge on any atom is 0.264 e. The van der Waals surface area contributed by atoms with E-state index in [1.165, 1.54) is 49.5 Å². The van der Waals surface area contributed by atoms with E-state index < -0.39 is 28.5 Å². The summed E-state index contributed by atoms with van der Waals surface area (Å²) in [6.07, 6.45) is 1.71. The molecule has 1 atom stereocenters. The molecule has 1 N–H and O–H groups in total. The average Bonchev–Trinajstić information content (AvgIpc) is 2.98. The first-order valence-electron chi connectivity index (χ1n) is 13.6. The van der Waals surface area contributed by atoms with Crippen molar-refractivity contribution in [2.75, 3.05) is 31.6 Å². The van der Waals surface area contributed by atoms with Crippen LogP contribution >= 0.6 is 11.6 Å². The number of carbonyl (C=O) groups excluding carboxylic acids is 2. The Morgan fingerprint density at radius 3 is 2.29 bits per heavy atom. The van der Waals surface area contributed by atoms with E-state index in [-0.39, 0.29) is 28.8 Å². The summed E-state index contributed by atoms with van der Waals surface area (Å²) in [6, 6.07) is 17.1. The van der Waals surface area contributed by atoms with Gasteiger partial charge >= 0.3 is 0 Å². The first kappa shape index (κ1) is 32.8. The molecule has 2 amide bonds. The Labute approximate surface area is 253 Å². The number of nitrogens with zero attached hydrogens (tertiary/aromatic N) is 2. The molecule has 0 aliphatic carbocycles. The summed E-state index contributed by atoms with van der Waals surface area (Å²) in [4.78, 5) is 28.4. The van der Waals surface area contributed by atoms with Crippen LogP contribution in [0.25, 0.3) is 0 Å². The van der Waals surface area contributed by atoms with Crippen molar-refractivity contribution in [2.24, 2.45) is 0 Å². The number of ether oxygens (including phenoxy) is 2. The summed E-state index contributed by atoms with van der Waals surface area (Å²) >= 11 is 6.09. The number of halogens is 1. The highest BCUT2D eigenvalue weighted by Crippen LogP contribution is 2.32. The van der Waals surface area contributed by atoms with Gasteiger partial charge in [-0.05, 0) is 62.2 Å². The number of rotatable bonds is 14. The second kappa shape index (κ2) is 14.9. The van der Waals surface area contributed by atoms with Crippen molar-refractivity contribution >= 4 is 39.1 Å². The largest absolute Gasteiger partial charge is 0.493 e. The second-order valence-corrected chi connectivity index (χ2v) is 12.1. The topological polar surface area (TPSA) is 105 Å². The first-order valence-corrected chi connectivity index (χ1v) is 15.5. The Morgan fingerprint density at radius 2 is 1.67 bits per heavy atom. The number of sulfonamides is 1. The molecule has 0 saturated heterocycles. The molecule has 3 aromatic rings. The molecule has 0 fully saturated rings. The number of hydrogen-bond acceptors (Lipinski definition) is 6. The van der Waals surface area contributed by atoms with E-state index in [0.717, 1.165) is 28.3 Å². The number of benzene rings is 3. The van der Waals surface area contributed by atoms with Crippen molar-refractivity contribution in [1.29, 1.82) is 0 Å². The van der Waals surface area contributed by atoms with Gasteiger partial charge in [0, 0.05) is 24.2 Å². The van der Waals surface area contributed by atoms with Crippen LogP contribution < -0.4 is 19.1 Å². The fraction of sp³-hybridized carbons (Fsp3) is 0.355. The van der Waals surface area contributed by atoms with Crippen LogP contribution in [0, 0.1) is 6.92 Å². The van der Waals surface area contributed by atoms with Gasteiger partial charge in [0.05, 0.1) is 24.8 Å². The third-order valence-corrected chi connectivity index (χ3v) is 8.79. The van der Waals surface area contributed by atoms with Gasteiger partial charge in [-0.3, -0.25) is 13.9 Å². The predicted molar refractivity (Wildman–Crippen MR) is 165 cm³/mol. The van der Waals surface area contributed by atoms with Crippen molar-refractivity contribution in [1.82, 2.24) is 10.2 Å². The molecule has 226 valence electrons. The van der Waals surface area contributed by atoms with Gasteiger partial charge in [-0.2, -0.15) is 0 Å². The smallest absolute Gasteiger partial charge is 0.264 e. The maximum absolute atomic E-state index is 14.1. The van der Waals surface area contributed by atoms with E-state index in [4.69, 9.17) is 21.1 Å². The fourth-order valence-electron chi connectivity index (χ4n) is 4.37. The lowest BCUT2D eigenvalue weighted by molar-refractivity contribution is -0.139. The molecule has 0 radical (unpaired) electrons. The number of aryl methyl sites for hydroxylation is 1. The van der Waals surface area contributed by atoms with Gasteiger partial charge in [-0.1, -0.05) is 54.8 Å². The molecule has 0 spiro atoms. The van der Waals surface area contributed by atoms with E-state index in [1.54, 1.807) is 19.1 Å². The molecule has 42 heavy (non-hydrogen) atoms. The minimum atomic E-state index is -4.29. The van der Waals surface area contributed by atoms with Gasteiger partial charge in [0.25, 0.3) is 10.0 Å². The lowest BCUT2D eigenvalue weighted by atomic mass is 10.1. The SMILES string of the molecule is CCCCNC(=O)[C@@H](C)N(Cc1cccc(C)c1)C(=O)CN(c1ccc(Cl)cc1)S(=O)(=O)c1ccc(OC)c(OC)c1. The van der Waals surface area contributed by atoms with Crippen molar-refractivity contribution < 1.29 is 27.5 Å². The van der Waals surface area contributed by atoms with E-state index >= 15 is 0 Å². The number of anilines is 1. The number of amides is 2.